The van der Waals surface area contributed by atoms with E-state index in [1.165, 1.54) is 73.0 Å². The number of nitrogens with zero attached hydrogens (tertiary/aromatic N) is 1. The minimum atomic E-state index is -0.948. The van der Waals surface area contributed by atoms with E-state index in [1.54, 1.807) is 0 Å². The monoisotopic (exact) mass is 496 g/mol. The summed E-state index contributed by atoms with van der Waals surface area (Å²) in [6, 6.07) is 7.08. The van der Waals surface area contributed by atoms with Crippen molar-refractivity contribution in [1.82, 2.24) is 10.3 Å². The normalized spacial score (nSPS) is 21.4. The molecule has 0 unspecified atom stereocenters. The quantitative estimate of drug-likeness (QED) is 0.510. The Bertz CT molecular complexity index is 1060. The molecule has 1 aromatic carbocycles. The molecule has 0 spiro atoms. The largest absolute Gasteiger partial charge is 0.383 e. The van der Waals surface area contributed by atoms with Crippen molar-refractivity contribution in [3.8, 4) is 10.4 Å². The van der Waals surface area contributed by atoms with Crippen LogP contribution in [0.2, 0.25) is 0 Å². The molecule has 3 aliphatic rings. The first-order chi connectivity index (χ1) is 16.5. The van der Waals surface area contributed by atoms with Crippen LogP contribution in [0.1, 0.15) is 99.3 Å². The highest BCUT2D eigenvalue weighted by molar-refractivity contribution is 7.17. The Balaban J connectivity index is 1.50. The molecule has 2 aromatic rings. The van der Waals surface area contributed by atoms with E-state index in [4.69, 9.17) is 9.72 Å². The number of ether oxygens (including phenoxy) is 1. The molecule has 0 radical (unpaired) electrons. The highest BCUT2D eigenvalue weighted by Gasteiger charge is 2.40. The molecule has 6 heteroatoms. The third-order valence-electron chi connectivity index (χ3n) is 8.18. The SMILES string of the molecule is CC(C)(C)c1cc(-c2sc(C(=O)NCC3(O)COC3)nc2CC2CCCCC2)cc(C2(C)CC2)c1. The summed E-state index contributed by atoms with van der Waals surface area (Å²) < 4.78 is 5.11. The summed E-state index contributed by atoms with van der Waals surface area (Å²) in [5, 5.41) is 13.7. The number of carbonyl (C=O) groups excluding carboxylic acids is 1. The smallest absolute Gasteiger partial charge is 0.280 e. The van der Waals surface area contributed by atoms with Gasteiger partial charge in [0, 0.05) is 0 Å². The molecule has 35 heavy (non-hydrogen) atoms. The second kappa shape index (κ2) is 9.28. The van der Waals surface area contributed by atoms with Gasteiger partial charge in [-0.1, -0.05) is 65.9 Å². The zero-order chi connectivity index (χ0) is 24.8. The lowest BCUT2D eigenvalue weighted by molar-refractivity contribution is -0.173. The average Bonchev–Trinajstić information content (AvgIpc) is 3.43. The predicted molar refractivity (Wildman–Crippen MR) is 141 cm³/mol. The molecule has 1 saturated heterocycles. The Morgan fingerprint density at radius 2 is 1.89 bits per heavy atom. The van der Waals surface area contributed by atoms with E-state index in [2.05, 4.69) is 51.2 Å². The molecular formula is C29H40N2O3S. The number of nitrogens with one attached hydrogen (secondary N) is 1. The third kappa shape index (κ3) is 5.50. The molecule has 1 aromatic heterocycles. The van der Waals surface area contributed by atoms with Crippen LogP contribution in [-0.4, -0.2) is 41.4 Å². The van der Waals surface area contributed by atoms with Gasteiger partial charge >= 0.3 is 0 Å². The summed E-state index contributed by atoms with van der Waals surface area (Å²) in [5.74, 6) is 0.437. The number of carbonyl (C=O) groups is 1. The number of hydrogen-bond acceptors (Lipinski definition) is 5. The van der Waals surface area contributed by atoms with Gasteiger partial charge in [0.2, 0.25) is 0 Å². The lowest BCUT2D eigenvalue weighted by Gasteiger charge is -2.36. The maximum absolute atomic E-state index is 13.1. The molecule has 5 nitrogen and oxygen atoms in total. The number of aromatic nitrogens is 1. The van der Waals surface area contributed by atoms with Crippen LogP contribution in [-0.2, 0) is 22.0 Å². The van der Waals surface area contributed by atoms with Crippen LogP contribution in [0.15, 0.2) is 18.2 Å². The van der Waals surface area contributed by atoms with Gasteiger partial charge in [-0.25, -0.2) is 4.98 Å². The van der Waals surface area contributed by atoms with Crippen molar-refractivity contribution in [3.63, 3.8) is 0 Å². The number of aliphatic hydroxyl groups is 1. The lowest BCUT2D eigenvalue weighted by Crippen LogP contribution is -2.56. The number of thiazole rings is 1. The van der Waals surface area contributed by atoms with Crippen molar-refractivity contribution in [2.75, 3.05) is 19.8 Å². The Morgan fingerprint density at radius 3 is 2.49 bits per heavy atom. The topological polar surface area (TPSA) is 71.5 Å². The second-order valence-electron chi connectivity index (χ2n) is 12.5. The zero-order valence-electron chi connectivity index (χ0n) is 21.7. The standard InChI is InChI=1S/C29H40N2O3S/c1-27(2,3)21-13-20(14-22(15-21)28(4)10-11-28)24-23(12-19-8-6-5-7-9-19)31-26(35-24)25(32)30-16-29(33)17-34-18-29/h13-15,19,33H,5-12,16-18H2,1-4H3,(H,30,32). The van der Waals surface area contributed by atoms with Crippen molar-refractivity contribution in [2.45, 2.75) is 95.5 Å². The van der Waals surface area contributed by atoms with Gasteiger partial charge in [-0.3, -0.25) is 4.79 Å². The highest BCUT2D eigenvalue weighted by Crippen LogP contribution is 2.50. The lowest BCUT2D eigenvalue weighted by atomic mass is 9.82. The summed E-state index contributed by atoms with van der Waals surface area (Å²) in [4.78, 5) is 19.1. The van der Waals surface area contributed by atoms with Gasteiger partial charge < -0.3 is 15.2 Å². The highest BCUT2D eigenvalue weighted by atomic mass is 32.1. The molecule has 1 amide bonds. The zero-order valence-corrected chi connectivity index (χ0v) is 22.5. The first-order valence-electron chi connectivity index (χ1n) is 13.3. The van der Waals surface area contributed by atoms with Crippen molar-refractivity contribution in [3.05, 3.63) is 40.0 Å². The van der Waals surface area contributed by atoms with Crippen LogP contribution >= 0.6 is 11.3 Å². The first-order valence-corrected chi connectivity index (χ1v) is 14.1. The summed E-state index contributed by atoms with van der Waals surface area (Å²) in [5.41, 5.74) is 4.39. The number of benzene rings is 1. The first kappa shape index (κ1) is 24.9. The Kier molecular flexibility index (Phi) is 6.60. The Labute approximate surface area is 213 Å². The second-order valence-corrected chi connectivity index (χ2v) is 13.5. The van der Waals surface area contributed by atoms with Crippen molar-refractivity contribution >= 4 is 17.2 Å². The van der Waals surface area contributed by atoms with Crippen molar-refractivity contribution in [2.24, 2.45) is 5.92 Å². The van der Waals surface area contributed by atoms with Gasteiger partial charge in [-0.05, 0) is 64.8 Å². The minimum absolute atomic E-state index is 0.0464. The fraction of sp³-hybridized carbons (Fsp3) is 0.655. The summed E-state index contributed by atoms with van der Waals surface area (Å²) in [6.45, 7) is 9.91. The molecule has 2 N–H and O–H groups in total. The minimum Gasteiger partial charge on any atom is -0.383 e. The molecule has 2 aliphatic carbocycles. The van der Waals surface area contributed by atoms with E-state index in [-0.39, 0.29) is 36.5 Å². The molecule has 0 bridgehead atoms. The van der Waals surface area contributed by atoms with Gasteiger partial charge in [-0.2, -0.15) is 0 Å². The fourth-order valence-electron chi connectivity index (χ4n) is 5.25. The van der Waals surface area contributed by atoms with Gasteiger partial charge in [0.05, 0.1) is 30.3 Å². The number of rotatable bonds is 7. The number of amides is 1. The van der Waals surface area contributed by atoms with Crippen LogP contribution in [0.25, 0.3) is 10.4 Å². The summed E-state index contributed by atoms with van der Waals surface area (Å²) in [7, 11) is 0. The Morgan fingerprint density at radius 1 is 1.17 bits per heavy atom. The summed E-state index contributed by atoms with van der Waals surface area (Å²) in [6.07, 6.45) is 9.81. The van der Waals surface area contributed by atoms with Gasteiger partial charge in [0.25, 0.3) is 5.91 Å². The fourth-order valence-corrected chi connectivity index (χ4v) is 6.25. The summed E-state index contributed by atoms with van der Waals surface area (Å²) >= 11 is 1.51. The van der Waals surface area contributed by atoms with E-state index in [1.807, 2.05) is 0 Å². The molecule has 3 fully saturated rings. The molecule has 2 heterocycles. The maximum Gasteiger partial charge on any atom is 0.280 e. The van der Waals surface area contributed by atoms with Gasteiger partial charge in [0.15, 0.2) is 5.01 Å². The molecule has 5 rings (SSSR count). The Hall–Kier alpha value is -1.76. The van der Waals surface area contributed by atoms with E-state index in [9.17, 15) is 9.90 Å². The van der Waals surface area contributed by atoms with E-state index in [0.717, 1.165) is 17.0 Å². The van der Waals surface area contributed by atoms with Crippen molar-refractivity contribution in [1.29, 1.82) is 0 Å². The van der Waals surface area contributed by atoms with Gasteiger partial charge in [-0.15, -0.1) is 11.3 Å². The van der Waals surface area contributed by atoms with Crippen LogP contribution in [0.3, 0.4) is 0 Å². The molecule has 190 valence electrons. The van der Waals surface area contributed by atoms with E-state index in [0.29, 0.717) is 10.9 Å². The van der Waals surface area contributed by atoms with E-state index >= 15 is 0 Å². The van der Waals surface area contributed by atoms with Crippen LogP contribution < -0.4 is 5.32 Å². The predicted octanol–water partition coefficient (Wildman–Crippen LogP) is 5.77. The molecular weight excluding hydrogens is 456 g/mol. The maximum atomic E-state index is 13.1. The molecule has 2 saturated carbocycles. The average molecular weight is 497 g/mol. The molecule has 0 atom stereocenters. The van der Waals surface area contributed by atoms with Gasteiger partial charge in [0.1, 0.15) is 5.60 Å². The van der Waals surface area contributed by atoms with E-state index < -0.39 is 5.60 Å². The van der Waals surface area contributed by atoms with Crippen LogP contribution in [0.4, 0.5) is 0 Å². The van der Waals surface area contributed by atoms with Crippen LogP contribution in [0.5, 0.6) is 0 Å². The molecule has 1 aliphatic heterocycles. The third-order valence-corrected chi connectivity index (χ3v) is 9.32. The van der Waals surface area contributed by atoms with Crippen molar-refractivity contribution < 1.29 is 14.6 Å². The van der Waals surface area contributed by atoms with Crippen LogP contribution in [0, 0.1) is 5.92 Å². The number of hydrogen-bond donors (Lipinski definition) is 2.